The van der Waals surface area contributed by atoms with Crippen molar-refractivity contribution >= 4 is 202 Å². The van der Waals surface area contributed by atoms with Crippen molar-refractivity contribution < 1.29 is 52.1 Å². The zero-order valence-corrected chi connectivity index (χ0v) is 68.6. The van der Waals surface area contributed by atoms with Crippen molar-refractivity contribution in [1.29, 1.82) is 0 Å². The smallest absolute Gasteiger partial charge is 0.0638 e. The van der Waals surface area contributed by atoms with Crippen molar-refractivity contribution in [1.82, 2.24) is 0 Å². The summed E-state index contributed by atoms with van der Waals surface area (Å²) < 4.78 is 344. The van der Waals surface area contributed by atoms with Crippen LogP contribution >= 0.6 is 34.0 Å². The fourth-order valence-corrected chi connectivity index (χ4v) is 21.7. The van der Waals surface area contributed by atoms with Crippen molar-refractivity contribution in [2.24, 2.45) is 0 Å². The summed E-state index contributed by atoms with van der Waals surface area (Å²) in [6, 6.07) is 53.1. The first-order valence-corrected chi connectivity index (χ1v) is 43.0. The topological polar surface area (TPSA) is 0 Å². The third-order valence-electron chi connectivity index (χ3n) is 23.6. The molecular weight excluding hydrogens is 1590 g/mol. The van der Waals surface area contributed by atoms with E-state index >= 15 is 0 Å². The Morgan fingerprint density at radius 2 is 0.528 bits per heavy atom. The summed E-state index contributed by atoms with van der Waals surface area (Å²) >= 11 is 4.11. The van der Waals surface area contributed by atoms with Crippen LogP contribution in [0, 0.1) is 0 Å². The Morgan fingerprint density at radius 1 is 0.150 bits per heavy atom. The third-order valence-corrected chi connectivity index (χ3v) is 27.2. The van der Waals surface area contributed by atoms with Gasteiger partial charge in [-0.3, -0.25) is 0 Å². The van der Waals surface area contributed by atoms with Crippen molar-refractivity contribution in [2.75, 3.05) is 0 Å². The molecule has 0 fully saturated rings. The molecule has 590 valence electrons. The molecule has 0 saturated heterocycles. The highest BCUT2D eigenvalue weighted by atomic mass is 32.1. The Balaban J connectivity index is 0.000000125. The molecule has 0 atom stereocenters. The number of rotatable bonds is 8. The molecule has 27 aromatic rings. The van der Waals surface area contributed by atoms with Crippen LogP contribution in [0.3, 0.4) is 0 Å². The highest BCUT2D eigenvalue weighted by Gasteiger charge is 2.25. The van der Waals surface area contributed by atoms with Crippen LogP contribution in [0.2, 0.25) is 0 Å². The molecule has 0 spiro atoms. The van der Waals surface area contributed by atoms with E-state index in [1.165, 1.54) is 25.6 Å². The molecule has 0 N–H and O–H groups in total. The number of fused-ring (bicyclic) bond motifs is 20. The van der Waals surface area contributed by atoms with Gasteiger partial charge in [0.2, 0.25) is 0 Å². The summed E-state index contributed by atoms with van der Waals surface area (Å²) in [4.78, 5) is 0. The standard InChI is InChI=1S/C46H28S.C42H26S.C36H22S/c1-2-13-32-31(12-1)28-42(35-15-4-3-14-34(32)35)45-39-19-7-5-17-37(39)44(38-18-6-8-20-40(38)45)30-26-24-29(25-27-30)33-21-11-22-41-36-16-9-10-23-43(36)47-46(33)41;1-2-12-28-25-31(24-23-27(28)11-1)41-36-18-5-3-16-34(36)40(35-17-4-6-19-37(35)41)30-14-9-13-29(26-30)32-20-10-21-38-33-15-7-8-22-39(33)43-42(32)38;1-2-11-24-22-25(21-20-23(24)10-1)34-27-13-3-5-15-29(27)35(30-16-6-4-14-28(30)34)32-18-9-17-31-26-12-7-8-19-33(26)37-36(31)32/h1-28H;1-26H;1-22H/i5D,6D,7D,8D,17D,18D,19D,20D;3D,4D,5D,6D,16D,17D,18D,19D;1D,2D,3D,4D,5D,6D,7D,8D,9D,10D,11D,12D,13D,14D,15D,16D,17D,18D,19D,20D,21D,22D. The van der Waals surface area contributed by atoms with Crippen LogP contribution in [0.5, 0.6) is 0 Å². The van der Waals surface area contributed by atoms with E-state index in [1.807, 2.05) is 182 Å². The van der Waals surface area contributed by atoms with E-state index in [2.05, 4.69) is 48.5 Å². The molecule has 27 rings (SSSR count). The van der Waals surface area contributed by atoms with E-state index in [4.69, 9.17) is 31.5 Å². The maximum atomic E-state index is 9.43. The van der Waals surface area contributed by atoms with Gasteiger partial charge in [-0.15, -0.1) is 34.0 Å². The molecule has 0 aliphatic heterocycles. The number of hydrogen-bond donors (Lipinski definition) is 0. The lowest BCUT2D eigenvalue weighted by molar-refractivity contribution is 1.64. The van der Waals surface area contributed by atoms with Gasteiger partial charge in [0, 0.05) is 66.1 Å². The van der Waals surface area contributed by atoms with E-state index in [9.17, 15) is 20.6 Å². The fraction of sp³-hybridized carbons (Fsp3) is 0. The average molecular weight is 1700 g/mol. The summed E-state index contributed by atoms with van der Waals surface area (Å²) in [5.74, 6) is 0. The van der Waals surface area contributed by atoms with Gasteiger partial charge in [-0.2, -0.15) is 0 Å². The van der Waals surface area contributed by atoms with E-state index < -0.39 is 236 Å². The largest absolute Gasteiger partial charge is 0.135 e. The minimum absolute atomic E-state index is 0.0961. The van der Waals surface area contributed by atoms with E-state index in [1.54, 1.807) is 22.7 Å². The van der Waals surface area contributed by atoms with Crippen molar-refractivity contribution in [3.05, 3.63) is 460 Å². The van der Waals surface area contributed by atoms with E-state index in [0.29, 0.717) is 55.8 Å². The van der Waals surface area contributed by atoms with Crippen LogP contribution < -0.4 is 0 Å². The molecule has 127 heavy (non-hydrogen) atoms. The molecule has 0 saturated carbocycles. The predicted octanol–water partition coefficient (Wildman–Crippen LogP) is 37.0. The number of hydrogen-bond acceptors (Lipinski definition) is 3. The highest BCUT2D eigenvalue weighted by molar-refractivity contribution is 7.27. The van der Waals surface area contributed by atoms with Crippen LogP contribution in [-0.4, -0.2) is 0 Å². The lowest BCUT2D eigenvalue weighted by atomic mass is 9.83. The Kier molecular flexibility index (Phi) is 11.0. The summed E-state index contributed by atoms with van der Waals surface area (Å²) in [6.45, 7) is 0. The molecule has 0 aliphatic carbocycles. The van der Waals surface area contributed by atoms with Gasteiger partial charge < -0.3 is 0 Å². The molecule has 0 unspecified atom stereocenters. The summed E-state index contributed by atoms with van der Waals surface area (Å²) in [6.07, 6.45) is 0. The van der Waals surface area contributed by atoms with Gasteiger partial charge in [0.05, 0.1) is 52.1 Å². The van der Waals surface area contributed by atoms with Gasteiger partial charge in [0.15, 0.2) is 0 Å². The minimum atomic E-state index is -0.883. The number of thiophene rings is 3. The highest BCUT2D eigenvalue weighted by Crippen LogP contribution is 2.53. The fourth-order valence-electron chi connectivity index (χ4n) is 18.1. The maximum Gasteiger partial charge on any atom is 0.0638 e. The van der Waals surface area contributed by atoms with E-state index in [-0.39, 0.29) is 112 Å². The van der Waals surface area contributed by atoms with E-state index in [0.717, 1.165) is 69.4 Å². The summed E-state index contributed by atoms with van der Waals surface area (Å²) in [7, 11) is 0. The average Bonchev–Trinajstić information content (AvgIpc) is 1.66. The van der Waals surface area contributed by atoms with Crippen LogP contribution in [0.1, 0.15) is 52.1 Å². The lowest BCUT2D eigenvalue weighted by Crippen LogP contribution is -1.92. The van der Waals surface area contributed by atoms with Gasteiger partial charge in [-0.1, -0.05) is 418 Å². The summed E-state index contributed by atoms with van der Waals surface area (Å²) in [5.41, 5.74) is 5.50. The van der Waals surface area contributed by atoms with Crippen LogP contribution in [0.4, 0.5) is 0 Å². The predicted molar refractivity (Wildman–Crippen MR) is 557 cm³/mol. The third kappa shape index (κ3) is 12.4. The molecule has 0 nitrogen and oxygen atoms in total. The quantitative estimate of drug-likeness (QED) is 0.105. The Hall–Kier alpha value is -15.5. The second kappa shape index (κ2) is 30.8. The zero-order valence-electron chi connectivity index (χ0n) is 104. The summed E-state index contributed by atoms with van der Waals surface area (Å²) in [5, 5.41) is 8.08. The molecule has 0 amide bonds. The second-order valence-electron chi connectivity index (χ2n) is 30.5. The molecular formula is C124H76S3. The lowest BCUT2D eigenvalue weighted by Gasteiger charge is -2.19. The number of benzene rings is 24. The first-order chi connectivity index (χ1) is 78.8. The van der Waals surface area contributed by atoms with Gasteiger partial charge in [0.1, 0.15) is 0 Å². The van der Waals surface area contributed by atoms with Crippen LogP contribution in [0.15, 0.2) is 460 Å². The molecule has 24 aromatic carbocycles. The molecule has 0 aliphatic rings. The monoisotopic (exact) mass is 1700 g/mol. The second-order valence-corrected chi connectivity index (χ2v) is 33.6. The van der Waals surface area contributed by atoms with Crippen molar-refractivity contribution in [2.45, 2.75) is 0 Å². The molecule has 3 aromatic heterocycles. The van der Waals surface area contributed by atoms with Crippen LogP contribution in [-0.2, 0) is 0 Å². The SMILES string of the molecule is [2H]c1c([2H])c([2H])c2c(-c3cc4ccccc4c4ccccc34)c3c([2H])c([2H])c([2H])c([2H])c3c(-c3ccc(-c4cccc5c4sc4ccccc45)cc3)c2c1[2H].[2H]c1c([2H])c([2H])c2c(-c3ccc4ccccc4c3)c3c([2H])c([2H])c([2H])c([2H])c3c(-c3cccc(-c4cccc5c4sc4ccccc45)c3)c2c1[2H].[2H]c1c([2H])c([2H])c2c(sc3c(-c4c5c([2H])c([2H])c([2H])c([2H])c5c(-c5c([2H])c([2H])c6c([2H])c([2H])c([2H])c([2H])c6c5[2H])c5c([2H])c([2H])c([2H])c([2H])c45)c([2H])c([2H])c([2H])c32)c1[2H]. The van der Waals surface area contributed by atoms with Gasteiger partial charge in [0.25, 0.3) is 0 Å². The first kappa shape index (κ1) is 45.3. The van der Waals surface area contributed by atoms with Crippen LogP contribution in [0.25, 0.3) is 257 Å². The molecule has 3 heteroatoms. The normalized spacial score (nSPS) is 16.0. The Morgan fingerprint density at radius 3 is 1.10 bits per heavy atom. The first-order valence-electron chi connectivity index (χ1n) is 59.6. The van der Waals surface area contributed by atoms with Gasteiger partial charge in [-0.25, -0.2) is 0 Å². The van der Waals surface area contributed by atoms with Gasteiger partial charge >= 0.3 is 0 Å². The zero-order chi connectivity index (χ0) is 117. The molecule has 0 radical (unpaired) electrons. The van der Waals surface area contributed by atoms with Crippen molar-refractivity contribution in [3.8, 4) is 89.0 Å². The molecule has 3 heterocycles. The van der Waals surface area contributed by atoms with Crippen molar-refractivity contribution in [3.63, 3.8) is 0 Å². The molecule has 0 bridgehead atoms. The minimum Gasteiger partial charge on any atom is -0.135 e. The maximum absolute atomic E-state index is 9.43. The Bertz CT molecular complexity index is 11400. The van der Waals surface area contributed by atoms with Gasteiger partial charge in [-0.05, 0) is 234 Å². The Labute approximate surface area is 799 Å².